The number of hydrogen-bond acceptors (Lipinski definition) is 5. The third kappa shape index (κ3) is 4.52. The summed E-state index contributed by atoms with van der Waals surface area (Å²) in [6, 6.07) is 1.43. The van der Waals surface area contributed by atoms with E-state index in [0.717, 1.165) is 51.0 Å². The van der Waals surface area contributed by atoms with Gasteiger partial charge in [0.05, 0.1) is 11.0 Å². The molecule has 1 amide bonds. The molecule has 1 aromatic rings. The molecule has 1 aliphatic carbocycles. The summed E-state index contributed by atoms with van der Waals surface area (Å²) in [5, 5.41) is 0. The van der Waals surface area contributed by atoms with Crippen LogP contribution in [0, 0.1) is 17.3 Å². The van der Waals surface area contributed by atoms with E-state index in [-0.39, 0.29) is 36.3 Å². The van der Waals surface area contributed by atoms with Crippen LogP contribution in [-0.2, 0) is 33.5 Å². The fraction of sp³-hybridized carbons (Fsp3) is 0.741. The molecule has 3 fully saturated rings. The SMILES string of the molecule is CC1C2Cc3ncc(C(F)(F)F)cc3CN2C(=O)[C@]12CCC(N1CCC(CC(=O)OC(C)(C)C)C1)C2. The van der Waals surface area contributed by atoms with Crippen molar-refractivity contribution in [2.24, 2.45) is 17.3 Å². The van der Waals surface area contributed by atoms with Crippen molar-refractivity contribution in [1.29, 1.82) is 0 Å². The number of rotatable bonds is 3. The van der Waals surface area contributed by atoms with Crippen LogP contribution in [0.4, 0.5) is 13.2 Å². The lowest BCUT2D eigenvalue weighted by molar-refractivity contribution is -0.155. The molecule has 1 aromatic heterocycles. The van der Waals surface area contributed by atoms with Crippen molar-refractivity contribution in [2.45, 2.75) is 96.6 Å². The van der Waals surface area contributed by atoms with Crippen molar-refractivity contribution in [3.8, 4) is 0 Å². The van der Waals surface area contributed by atoms with Crippen LogP contribution in [0.15, 0.2) is 12.3 Å². The summed E-state index contributed by atoms with van der Waals surface area (Å²) in [4.78, 5) is 34.5. The van der Waals surface area contributed by atoms with Crippen LogP contribution in [0.2, 0.25) is 0 Å². The van der Waals surface area contributed by atoms with Crippen molar-refractivity contribution in [3.05, 3.63) is 29.1 Å². The van der Waals surface area contributed by atoms with E-state index >= 15 is 0 Å². The highest BCUT2D eigenvalue weighted by Gasteiger charge is 2.61. The van der Waals surface area contributed by atoms with Gasteiger partial charge in [0, 0.05) is 49.9 Å². The fourth-order valence-electron chi connectivity index (χ4n) is 7.09. The van der Waals surface area contributed by atoms with E-state index < -0.39 is 22.8 Å². The van der Waals surface area contributed by atoms with E-state index in [9.17, 15) is 22.8 Å². The van der Waals surface area contributed by atoms with Crippen LogP contribution in [0.3, 0.4) is 0 Å². The van der Waals surface area contributed by atoms with Gasteiger partial charge >= 0.3 is 12.1 Å². The Labute approximate surface area is 210 Å². The number of pyridine rings is 1. The molecular weight excluding hydrogens is 471 g/mol. The zero-order valence-electron chi connectivity index (χ0n) is 21.5. The molecule has 1 saturated carbocycles. The van der Waals surface area contributed by atoms with Gasteiger partial charge < -0.3 is 14.5 Å². The predicted octanol–water partition coefficient (Wildman–Crippen LogP) is 4.60. The second-order valence-electron chi connectivity index (χ2n) is 12.3. The second kappa shape index (κ2) is 8.71. The molecule has 2 saturated heterocycles. The van der Waals surface area contributed by atoms with Gasteiger partial charge in [0.25, 0.3) is 0 Å². The molecule has 0 radical (unpaired) electrons. The van der Waals surface area contributed by atoms with Gasteiger partial charge in [-0.25, -0.2) is 0 Å². The number of nitrogens with zero attached hydrogens (tertiary/aromatic N) is 3. The molecule has 1 spiro atoms. The van der Waals surface area contributed by atoms with Crippen molar-refractivity contribution in [3.63, 3.8) is 0 Å². The lowest BCUT2D eigenvalue weighted by Gasteiger charge is -2.33. The van der Waals surface area contributed by atoms with Crippen LogP contribution >= 0.6 is 0 Å². The molecule has 4 aliphatic rings. The van der Waals surface area contributed by atoms with E-state index in [1.807, 2.05) is 25.7 Å². The second-order valence-corrected chi connectivity index (χ2v) is 12.3. The molecule has 36 heavy (non-hydrogen) atoms. The molecule has 6 nitrogen and oxygen atoms in total. The Bertz CT molecular complexity index is 1050. The quantitative estimate of drug-likeness (QED) is 0.560. The number of halogens is 3. The summed E-state index contributed by atoms with van der Waals surface area (Å²) < 4.78 is 45.1. The zero-order chi connectivity index (χ0) is 26.0. The average molecular weight is 508 g/mol. The summed E-state index contributed by atoms with van der Waals surface area (Å²) >= 11 is 0. The minimum absolute atomic E-state index is 0.0218. The van der Waals surface area contributed by atoms with Gasteiger partial charge in [0.15, 0.2) is 0 Å². The van der Waals surface area contributed by atoms with Gasteiger partial charge in [-0.3, -0.25) is 14.6 Å². The number of alkyl halides is 3. The van der Waals surface area contributed by atoms with Gasteiger partial charge in [-0.15, -0.1) is 0 Å². The van der Waals surface area contributed by atoms with E-state index in [2.05, 4.69) is 16.8 Å². The molecule has 0 bridgehead atoms. The van der Waals surface area contributed by atoms with Crippen LogP contribution < -0.4 is 0 Å². The zero-order valence-corrected chi connectivity index (χ0v) is 21.5. The van der Waals surface area contributed by atoms with Crippen LogP contribution in [0.1, 0.15) is 76.6 Å². The Morgan fingerprint density at radius 2 is 2.00 bits per heavy atom. The number of fused-ring (bicyclic) bond motifs is 2. The minimum Gasteiger partial charge on any atom is -0.460 e. The normalized spacial score (nSPS) is 32.8. The molecule has 9 heteroatoms. The maximum atomic E-state index is 13.8. The van der Waals surface area contributed by atoms with E-state index in [4.69, 9.17) is 4.74 Å². The Morgan fingerprint density at radius 3 is 2.69 bits per heavy atom. The summed E-state index contributed by atoms with van der Waals surface area (Å²) in [5.74, 6) is 0.320. The van der Waals surface area contributed by atoms with Crippen LogP contribution in [0.25, 0.3) is 0 Å². The predicted molar refractivity (Wildman–Crippen MR) is 127 cm³/mol. The maximum absolute atomic E-state index is 13.8. The molecule has 198 valence electrons. The number of esters is 1. The number of carbonyl (C=O) groups excluding carboxylic acids is 2. The first-order valence-corrected chi connectivity index (χ1v) is 13.1. The fourth-order valence-corrected chi connectivity index (χ4v) is 7.09. The topological polar surface area (TPSA) is 62.7 Å². The molecule has 3 aliphatic heterocycles. The largest absolute Gasteiger partial charge is 0.460 e. The first-order valence-electron chi connectivity index (χ1n) is 13.1. The molecule has 5 rings (SSSR count). The summed E-state index contributed by atoms with van der Waals surface area (Å²) in [7, 11) is 0. The highest BCUT2D eigenvalue weighted by molar-refractivity contribution is 5.87. The Hall–Kier alpha value is -2.16. The standard InChI is InChI=1S/C27H36F3N3O3/c1-16-22-11-21-18(10-19(13-31-21)27(28,29)30)15-33(22)24(35)26(16)7-5-20(12-26)32-8-6-17(14-32)9-23(34)36-25(2,3)4/h10,13,16-17,20,22H,5-9,11-12,14-15H2,1-4H3/t16?,17?,20?,22?,26-/m0/s1. The van der Waals surface area contributed by atoms with Gasteiger partial charge in [-0.1, -0.05) is 6.92 Å². The van der Waals surface area contributed by atoms with Crippen molar-refractivity contribution in [2.75, 3.05) is 13.1 Å². The van der Waals surface area contributed by atoms with E-state index in [0.29, 0.717) is 30.1 Å². The lowest BCUT2D eigenvalue weighted by Crippen LogP contribution is -2.40. The number of hydrogen-bond donors (Lipinski definition) is 0. The van der Waals surface area contributed by atoms with Crippen molar-refractivity contribution < 1.29 is 27.5 Å². The number of ether oxygens (including phenoxy) is 1. The molecule has 4 unspecified atom stereocenters. The van der Waals surface area contributed by atoms with Crippen molar-refractivity contribution in [1.82, 2.24) is 14.8 Å². The lowest BCUT2D eigenvalue weighted by atomic mass is 9.73. The number of carbonyl (C=O) groups is 2. The van der Waals surface area contributed by atoms with E-state index in [1.54, 1.807) is 0 Å². The molecular formula is C27H36F3N3O3. The molecule has 5 atom stereocenters. The first kappa shape index (κ1) is 25.5. The molecule has 0 aromatic carbocycles. The number of amides is 1. The van der Waals surface area contributed by atoms with Gasteiger partial charge in [0.1, 0.15) is 5.60 Å². The maximum Gasteiger partial charge on any atom is 0.417 e. The monoisotopic (exact) mass is 507 g/mol. The Balaban J connectivity index is 1.25. The third-order valence-corrected chi connectivity index (χ3v) is 8.90. The summed E-state index contributed by atoms with van der Waals surface area (Å²) in [6.07, 6.45) is 0.849. The van der Waals surface area contributed by atoms with Crippen molar-refractivity contribution >= 4 is 11.9 Å². The third-order valence-electron chi connectivity index (χ3n) is 8.90. The minimum atomic E-state index is -4.45. The van der Waals surface area contributed by atoms with Crippen LogP contribution in [0.5, 0.6) is 0 Å². The smallest absolute Gasteiger partial charge is 0.417 e. The average Bonchev–Trinajstić information content (AvgIpc) is 3.46. The van der Waals surface area contributed by atoms with Crippen LogP contribution in [-0.4, -0.2) is 57.4 Å². The number of likely N-dealkylation sites (tertiary alicyclic amines) is 1. The highest BCUT2D eigenvalue weighted by atomic mass is 19.4. The van der Waals surface area contributed by atoms with Gasteiger partial charge in [0.2, 0.25) is 5.91 Å². The Kier molecular flexibility index (Phi) is 6.16. The molecule has 4 heterocycles. The van der Waals surface area contributed by atoms with E-state index in [1.165, 1.54) is 0 Å². The first-order chi connectivity index (χ1) is 16.8. The van der Waals surface area contributed by atoms with Gasteiger partial charge in [-0.05, 0) is 76.5 Å². The number of aromatic nitrogens is 1. The Morgan fingerprint density at radius 1 is 1.25 bits per heavy atom. The molecule has 0 N–H and O–H groups in total. The van der Waals surface area contributed by atoms with Gasteiger partial charge in [-0.2, -0.15) is 13.2 Å². The summed E-state index contributed by atoms with van der Waals surface area (Å²) in [5.41, 5.74) is -0.516. The highest BCUT2D eigenvalue weighted by Crippen LogP contribution is 2.55. The summed E-state index contributed by atoms with van der Waals surface area (Å²) in [6.45, 7) is 9.72.